The van der Waals surface area contributed by atoms with E-state index in [1.807, 2.05) is 0 Å². The zero-order valence-corrected chi connectivity index (χ0v) is 9.04. The lowest BCUT2D eigenvalue weighted by atomic mass is 10.1. The van der Waals surface area contributed by atoms with Crippen LogP contribution in [0, 0.1) is 0 Å². The van der Waals surface area contributed by atoms with Crippen molar-refractivity contribution < 1.29 is 23.4 Å². The maximum atomic E-state index is 11.8. The van der Waals surface area contributed by atoms with E-state index in [0.717, 1.165) is 6.07 Å². The molecular weight excluding hydrogens is 242 g/mol. The minimum absolute atomic E-state index is 0.0240. The summed E-state index contributed by atoms with van der Waals surface area (Å²) >= 11 is 5.55. The molecule has 1 aromatic rings. The molecule has 3 nitrogen and oxygen atoms in total. The molecule has 0 radical (unpaired) electrons. The SMILES string of the molecule is CC(Cl)C(=O)c1ccc(OC(F)F)cc1O. The lowest BCUT2D eigenvalue weighted by molar-refractivity contribution is -0.0499. The Morgan fingerprint density at radius 2 is 2.12 bits per heavy atom. The highest BCUT2D eigenvalue weighted by atomic mass is 35.5. The van der Waals surface area contributed by atoms with E-state index in [-0.39, 0.29) is 11.3 Å². The van der Waals surface area contributed by atoms with Crippen LogP contribution in [0.25, 0.3) is 0 Å². The number of hydrogen-bond acceptors (Lipinski definition) is 3. The van der Waals surface area contributed by atoms with Crippen molar-refractivity contribution in [1.82, 2.24) is 0 Å². The largest absolute Gasteiger partial charge is 0.507 e. The van der Waals surface area contributed by atoms with Crippen molar-refractivity contribution in [3.63, 3.8) is 0 Å². The van der Waals surface area contributed by atoms with Crippen LogP contribution in [0.1, 0.15) is 17.3 Å². The van der Waals surface area contributed by atoms with Crippen LogP contribution < -0.4 is 4.74 Å². The Morgan fingerprint density at radius 3 is 2.56 bits per heavy atom. The zero-order chi connectivity index (χ0) is 12.3. The fraction of sp³-hybridized carbons (Fsp3) is 0.300. The molecule has 0 saturated heterocycles. The number of carbonyl (C=O) groups excluding carboxylic acids is 1. The zero-order valence-electron chi connectivity index (χ0n) is 8.28. The van der Waals surface area contributed by atoms with Gasteiger partial charge >= 0.3 is 6.61 Å². The molecule has 1 atom stereocenters. The standard InChI is InChI=1S/C10H9ClF2O3/c1-5(11)9(15)7-3-2-6(4-8(7)14)16-10(12)13/h2-5,10,14H,1H3. The summed E-state index contributed by atoms with van der Waals surface area (Å²) in [4.78, 5) is 11.4. The molecule has 1 unspecified atom stereocenters. The lowest BCUT2D eigenvalue weighted by Crippen LogP contribution is -2.11. The van der Waals surface area contributed by atoms with Gasteiger partial charge < -0.3 is 9.84 Å². The number of rotatable bonds is 4. The monoisotopic (exact) mass is 250 g/mol. The number of aromatic hydroxyl groups is 1. The van der Waals surface area contributed by atoms with E-state index < -0.39 is 23.5 Å². The van der Waals surface area contributed by atoms with Crippen molar-refractivity contribution >= 4 is 17.4 Å². The molecule has 16 heavy (non-hydrogen) atoms. The Hall–Kier alpha value is -1.36. The van der Waals surface area contributed by atoms with Gasteiger partial charge in [0.25, 0.3) is 0 Å². The van der Waals surface area contributed by atoms with Gasteiger partial charge in [0.2, 0.25) is 0 Å². The van der Waals surface area contributed by atoms with Crippen LogP contribution in [0.3, 0.4) is 0 Å². The molecule has 0 aliphatic carbocycles. The van der Waals surface area contributed by atoms with E-state index in [0.29, 0.717) is 0 Å². The molecule has 0 saturated carbocycles. The topological polar surface area (TPSA) is 46.5 Å². The highest BCUT2D eigenvalue weighted by Crippen LogP contribution is 2.26. The van der Waals surface area contributed by atoms with Crippen molar-refractivity contribution in [2.75, 3.05) is 0 Å². The number of phenolic OH excluding ortho intramolecular Hbond substituents is 1. The molecule has 0 aliphatic heterocycles. The van der Waals surface area contributed by atoms with Gasteiger partial charge in [0, 0.05) is 6.07 Å². The normalized spacial score (nSPS) is 12.6. The van der Waals surface area contributed by atoms with Gasteiger partial charge in [-0.25, -0.2) is 0 Å². The van der Waals surface area contributed by atoms with Gasteiger partial charge in [-0.3, -0.25) is 4.79 Å². The number of carbonyl (C=O) groups is 1. The van der Waals surface area contributed by atoms with Gasteiger partial charge in [-0.15, -0.1) is 11.6 Å². The van der Waals surface area contributed by atoms with E-state index in [9.17, 15) is 18.7 Å². The third kappa shape index (κ3) is 3.06. The molecule has 1 rings (SSSR count). The van der Waals surface area contributed by atoms with Crippen molar-refractivity contribution in [1.29, 1.82) is 0 Å². The Labute approximate surface area is 95.6 Å². The molecule has 0 bridgehead atoms. The predicted octanol–water partition coefficient (Wildman–Crippen LogP) is 2.80. The third-order valence-corrected chi connectivity index (χ3v) is 2.02. The van der Waals surface area contributed by atoms with Crippen LogP contribution in [-0.4, -0.2) is 22.9 Å². The van der Waals surface area contributed by atoms with Crippen LogP contribution in [0.15, 0.2) is 18.2 Å². The highest BCUT2D eigenvalue weighted by Gasteiger charge is 2.17. The van der Waals surface area contributed by atoms with Gasteiger partial charge in [-0.2, -0.15) is 8.78 Å². The molecule has 0 amide bonds. The van der Waals surface area contributed by atoms with E-state index in [4.69, 9.17) is 11.6 Å². The molecule has 6 heteroatoms. The van der Waals surface area contributed by atoms with E-state index >= 15 is 0 Å². The quantitative estimate of drug-likeness (QED) is 0.660. The number of alkyl halides is 3. The molecule has 88 valence electrons. The van der Waals surface area contributed by atoms with Crippen LogP contribution in [-0.2, 0) is 0 Å². The Kier molecular flexibility index (Phi) is 4.06. The third-order valence-electron chi connectivity index (χ3n) is 1.82. The summed E-state index contributed by atoms with van der Waals surface area (Å²) in [6.45, 7) is -1.53. The average Bonchev–Trinajstić information content (AvgIpc) is 2.15. The number of phenols is 1. The van der Waals surface area contributed by atoms with E-state index in [1.165, 1.54) is 19.1 Å². The number of ether oxygens (including phenoxy) is 1. The molecule has 0 spiro atoms. The minimum atomic E-state index is -2.98. The molecule has 0 aliphatic rings. The summed E-state index contributed by atoms with van der Waals surface area (Å²) in [6, 6.07) is 3.30. The summed E-state index contributed by atoms with van der Waals surface area (Å²) < 4.78 is 27.7. The molecule has 0 heterocycles. The Morgan fingerprint density at radius 1 is 1.50 bits per heavy atom. The second-order valence-corrected chi connectivity index (χ2v) is 3.69. The first-order valence-electron chi connectivity index (χ1n) is 4.38. The van der Waals surface area contributed by atoms with Crippen LogP contribution in [0.5, 0.6) is 11.5 Å². The fourth-order valence-electron chi connectivity index (χ4n) is 1.11. The van der Waals surface area contributed by atoms with Crippen LogP contribution in [0.4, 0.5) is 8.78 Å². The van der Waals surface area contributed by atoms with Gasteiger partial charge in [0.05, 0.1) is 10.9 Å². The first kappa shape index (κ1) is 12.7. The number of benzene rings is 1. The number of hydrogen-bond donors (Lipinski definition) is 1. The van der Waals surface area contributed by atoms with Crippen LogP contribution in [0.2, 0.25) is 0 Å². The molecule has 1 aromatic carbocycles. The van der Waals surface area contributed by atoms with Crippen molar-refractivity contribution in [3.05, 3.63) is 23.8 Å². The second-order valence-electron chi connectivity index (χ2n) is 3.04. The molecule has 0 fully saturated rings. The summed E-state index contributed by atoms with van der Waals surface area (Å²) in [7, 11) is 0. The lowest BCUT2D eigenvalue weighted by Gasteiger charge is -2.08. The van der Waals surface area contributed by atoms with Crippen molar-refractivity contribution in [3.8, 4) is 11.5 Å². The summed E-state index contributed by atoms with van der Waals surface area (Å²) in [5.41, 5.74) is -0.0240. The van der Waals surface area contributed by atoms with Crippen LogP contribution >= 0.6 is 11.6 Å². The average molecular weight is 251 g/mol. The van der Waals surface area contributed by atoms with E-state index in [1.54, 1.807) is 0 Å². The molecule has 1 N–H and O–H groups in total. The summed E-state index contributed by atoms with van der Waals surface area (Å²) in [6.07, 6.45) is 0. The van der Waals surface area contributed by atoms with Gasteiger partial charge in [0.15, 0.2) is 5.78 Å². The Bertz CT molecular complexity index is 394. The number of ketones is 1. The highest BCUT2D eigenvalue weighted by molar-refractivity contribution is 6.33. The summed E-state index contributed by atoms with van der Waals surface area (Å²) in [5, 5.41) is 8.62. The van der Waals surface area contributed by atoms with Gasteiger partial charge in [-0.05, 0) is 19.1 Å². The maximum absolute atomic E-state index is 11.8. The smallest absolute Gasteiger partial charge is 0.387 e. The maximum Gasteiger partial charge on any atom is 0.387 e. The first-order chi connectivity index (χ1) is 7.41. The minimum Gasteiger partial charge on any atom is -0.507 e. The predicted molar refractivity (Wildman–Crippen MR) is 54.4 cm³/mol. The second kappa shape index (κ2) is 5.12. The number of halogens is 3. The van der Waals surface area contributed by atoms with Gasteiger partial charge in [0.1, 0.15) is 11.5 Å². The van der Waals surface area contributed by atoms with Gasteiger partial charge in [-0.1, -0.05) is 0 Å². The summed E-state index contributed by atoms with van der Waals surface area (Å²) in [5.74, 6) is -1.13. The van der Waals surface area contributed by atoms with E-state index in [2.05, 4.69) is 4.74 Å². The Balaban J connectivity index is 2.96. The molecule has 0 aromatic heterocycles. The first-order valence-corrected chi connectivity index (χ1v) is 4.81. The number of Topliss-reactive ketones (excluding diaryl/α,β-unsaturated/α-hetero) is 1. The van der Waals surface area contributed by atoms with Crippen molar-refractivity contribution in [2.45, 2.75) is 18.9 Å². The molecular formula is C10H9ClF2O3. The fourth-order valence-corrected chi connectivity index (χ4v) is 1.23. The van der Waals surface area contributed by atoms with Crippen molar-refractivity contribution in [2.24, 2.45) is 0 Å².